The largest absolute Gasteiger partial charge is 0.463 e. The van der Waals surface area contributed by atoms with Crippen LogP contribution in [0.5, 0.6) is 0 Å². The summed E-state index contributed by atoms with van der Waals surface area (Å²) in [5, 5.41) is 13.0. The zero-order chi connectivity index (χ0) is 33.6. The number of halogens is 1. The lowest BCUT2D eigenvalue weighted by molar-refractivity contribution is -0.148. The number of aliphatic hydroxyl groups is 1. The molecule has 1 aromatic carbocycles. The Morgan fingerprint density at radius 1 is 1.17 bits per heavy atom. The Kier molecular flexibility index (Phi) is 11.9. The van der Waals surface area contributed by atoms with Crippen LogP contribution in [0.1, 0.15) is 30.9 Å². The number of esters is 1. The Morgan fingerprint density at radius 2 is 1.91 bits per heavy atom. The fourth-order valence-corrected chi connectivity index (χ4v) is 8.35. The molecule has 13 heteroatoms. The van der Waals surface area contributed by atoms with E-state index in [1.165, 1.54) is 4.90 Å². The van der Waals surface area contributed by atoms with Crippen LogP contribution in [0.3, 0.4) is 0 Å². The molecule has 256 valence electrons. The van der Waals surface area contributed by atoms with E-state index in [4.69, 9.17) is 14.2 Å². The third kappa shape index (κ3) is 7.34. The van der Waals surface area contributed by atoms with E-state index in [1.807, 2.05) is 30.3 Å². The van der Waals surface area contributed by atoms with Crippen LogP contribution in [0.2, 0.25) is 0 Å². The number of allylic oxidation sites excluding steroid dienone is 1. The van der Waals surface area contributed by atoms with E-state index >= 15 is 0 Å². The molecular formula is C34H45BrN4O8. The second kappa shape index (κ2) is 15.9. The number of likely N-dealkylation sites (tertiary alicyclic amines) is 1. The molecule has 1 unspecified atom stereocenters. The second-order valence-corrected chi connectivity index (χ2v) is 13.6. The molecule has 0 saturated carbocycles. The van der Waals surface area contributed by atoms with Gasteiger partial charge in [0, 0.05) is 50.5 Å². The van der Waals surface area contributed by atoms with Gasteiger partial charge in [-0.3, -0.25) is 24.1 Å². The Hall–Kier alpha value is -3.10. The van der Waals surface area contributed by atoms with E-state index in [0.29, 0.717) is 39.1 Å². The number of β-amino-alcohol motifs (C(OH)–C–C–N with tert-alkyl or cyclic N) is 1. The molecule has 4 saturated heterocycles. The highest BCUT2D eigenvalue weighted by atomic mass is 79.9. The summed E-state index contributed by atoms with van der Waals surface area (Å²) in [6.45, 7) is 11.1. The lowest BCUT2D eigenvalue weighted by Crippen LogP contribution is -2.58. The van der Waals surface area contributed by atoms with Gasteiger partial charge in [-0.15, -0.1) is 13.2 Å². The van der Waals surface area contributed by atoms with E-state index < -0.39 is 53.4 Å². The van der Waals surface area contributed by atoms with E-state index in [2.05, 4.69) is 39.3 Å². The number of hydrogen-bond acceptors (Lipinski definition) is 9. The molecule has 4 aliphatic rings. The maximum Gasteiger partial charge on any atom is 0.306 e. The fourth-order valence-electron chi connectivity index (χ4n) is 7.41. The molecule has 5 rings (SSSR count). The standard InChI is InChI=1S/C34H45BrN4O8/c1-3-5-11-26(41)46-22-25(23-9-7-6-8-10-23)36-31(42)27-28-32(43)39(15-18-40)30(34(28)21-24(35)29(27)47-34)33(44)38(12-4-2)14-13-37-16-19-45-20-17-37/h3-4,6-10,24-25,27-30,40H,1-2,5,11-22H2,(H,36,42)/t24?,25-,27+,28-,29+,30+,34-/m0/s1. The normalized spacial score (nSPS) is 28.9. The first-order valence-electron chi connectivity index (χ1n) is 16.3. The van der Waals surface area contributed by atoms with Crippen LogP contribution < -0.4 is 5.32 Å². The van der Waals surface area contributed by atoms with Crippen molar-refractivity contribution >= 4 is 39.6 Å². The summed E-state index contributed by atoms with van der Waals surface area (Å²) in [4.78, 5) is 60.2. The molecule has 2 bridgehead atoms. The van der Waals surface area contributed by atoms with E-state index in [0.717, 1.165) is 18.7 Å². The van der Waals surface area contributed by atoms with Gasteiger partial charge in [0.25, 0.3) is 0 Å². The number of fused-ring (bicyclic) bond motifs is 1. The van der Waals surface area contributed by atoms with E-state index in [1.54, 1.807) is 17.1 Å². The highest BCUT2D eigenvalue weighted by Gasteiger charge is 2.76. The van der Waals surface area contributed by atoms with Gasteiger partial charge in [0.2, 0.25) is 17.7 Å². The van der Waals surface area contributed by atoms with Crippen LogP contribution in [0, 0.1) is 11.8 Å². The molecule has 7 atom stereocenters. The van der Waals surface area contributed by atoms with E-state index in [9.17, 15) is 24.3 Å². The number of morpholine rings is 1. The van der Waals surface area contributed by atoms with E-state index in [-0.39, 0.29) is 43.5 Å². The van der Waals surface area contributed by atoms with Crippen molar-refractivity contribution in [2.45, 2.75) is 47.9 Å². The second-order valence-electron chi connectivity index (χ2n) is 12.4. The molecule has 3 amide bonds. The SMILES string of the molecule is C=CCCC(=O)OC[C@H](NC(=O)[C@H]1[C@@H]2O[C@@]3(CC2Br)[C@@H]1C(=O)N(CCO)[C@@H]3C(=O)N(CC=C)CCN1CCOCC1)c1ccccc1. The summed E-state index contributed by atoms with van der Waals surface area (Å²) >= 11 is 3.71. The maximum atomic E-state index is 14.4. The Bertz CT molecular complexity index is 1310. The molecule has 12 nitrogen and oxygen atoms in total. The highest BCUT2D eigenvalue weighted by Crippen LogP contribution is 2.60. The first-order valence-corrected chi connectivity index (χ1v) is 17.2. The average Bonchev–Trinajstić information content (AvgIpc) is 3.67. The Labute approximate surface area is 284 Å². The fraction of sp³-hybridized carbons (Fsp3) is 0.588. The van der Waals surface area contributed by atoms with Crippen molar-refractivity contribution in [3.05, 3.63) is 61.2 Å². The van der Waals surface area contributed by atoms with Crippen molar-refractivity contribution in [3.8, 4) is 0 Å². The molecule has 0 aliphatic carbocycles. The molecule has 4 fully saturated rings. The molecular weight excluding hydrogens is 672 g/mol. The number of alkyl halides is 1. The minimum Gasteiger partial charge on any atom is -0.463 e. The zero-order valence-corrected chi connectivity index (χ0v) is 28.2. The first-order chi connectivity index (χ1) is 22.7. The molecule has 1 spiro atoms. The van der Waals surface area contributed by atoms with Gasteiger partial charge >= 0.3 is 5.97 Å². The summed E-state index contributed by atoms with van der Waals surface area (Å²) < 4.78 is 17.6. The smallest absolute Gasteiger partial charge is 0.306 e. The summed E-state index contributed by atoms with van der Waals surface area (Å²) in [7, 11) is 0. The van der Waals surface area contributed by atoms with Gasteiger partial charge in [0.05, 0.1) is 43.8 Å². The van der Waals surface area contributed by atoms with Crippen LogP contribution in [-0.4, -0.2) is 132 Å². The summed E-state index contributed by atoms with van der Waals surface area (Å²) in [6, 6.07) is 7.48. The van der Waals surface area contributed by atoms with Gasteiger partial charge < -0.3 is 34.4 Å². The minimum atomic E-state index is -1.26. The number of hydrogen-bond donors (Lipinski definition) is 2. The van der Waals surface area contributed by atoms with Crippen molar-refractivity contribution in [1.29, 1.82) is 0 Å². The predicted molar refractivity (Wildman–Crippen MR) is 176 cm³/mol. The van der Waals surface area contributed by atoms with Crippen LogP contribution in [-0.2, 0) is 33.4 Å². The molecule has 47 heavy (non-hydrogen) atoms. The summed E-state index contributed by atoms with van der Waals surface area (Å²) in [5.41, 5.74) is -0.526. The van der Waals surface area contributed by atoms with Gasteiger partial charge in [-0.2, -0.15) is 0 Å². The van der Waals surface area contributed by atoms with Gasteiger partial charge in [0.15, 0.2) is 0 Å². The van der Waals surface area contributed by atoms with Gasteiger partial charge in [-0.25, -0.2) is 0 Å². The molecule has 2 N–H and O–H groups in total. The number of aliphatic hydroxyl groups excluding tert-OH is 1. The lowest BCUT2D eigenvalue weighted by atomic mass is 9.70. The molecule has 0 radical (unpaired) electrons. The van der Waals surface area contributed by atoms with Crippen LogP contribution >= 0.6 is 15.9 Å². The molecule has 4 heterocycles. The number of carbonyl (C=O) groups is 4. The number of nitrogens with one attached hydrogen (secondary N) is 1. The quantitative estimate of drug-likeness (QED) is 0.148. The number of ether oxygens (including phenoxy) is 3. The number of benzene rings is 1. The number of nitrogens with zero attached hydrogens (tertiary/aromatic N) is 3. The molecule has 0 aromatic heterocycles. The van der Waals surface area contributed by atoms with Crippen molar-refractivity contribution in [2.24, 2.45) is 11.8 Å². The van der Waals surface area contributed by atoms with Crippen LogP contribution in [0.25, 0.3) is 0 Å². The zero-order valence-electron chi connectivity index (χ0n) is 26.6. The Morgan fingerprint density at radius 3 is 2.60 bits per heavy atom. The summed E-state index contributed by atoms with van der Waals surface area (Å²) in [6.07, 6.45) is 3.63. The minimum absolute atomic E-state index is 0.0680. The highest BCUT2D eigenvalue weighted by molar-refractivity contribution is 9.09. The van der Waals surface area contributed by atoms with Gasteiger partial charge in [-0.05, 0) is 18.4 Å². The molecule has 4 aliphatic heterocycles. The summed E-state index contributed by atoms with van der Waals surface area (Å²) in [5.74, 6) is -3.37. The average molecular weight is 718 g/mol. The van der Waals surface area contributed by atoms with Crippen LogP contribution in [0.4, 0.5) is 0 Å². The van der Waals surface area contributed by atoms with Gasteiger partial charge in [0.1, 0.15) is 18.2 Å². The monoisotopic (exact) mass is 716 g/mol. The van der Waals surface area contributed by atoms with Gasteiger partial charge in [-0.1, -0.05) is 58.4 Å². The number of rotatable bonds is 16. The Balaban J connectivity index is 1.39. The predicted octanol–water partition coefficient (Wildman–Crippen LogP) is 1.44. The van der Waals surface area contributed by atoms with Crippen LogP contribution in [0.15, 0.2) is 55.6 Å². The number of carbonyl (C=O) groups excluding carboxylic acids is 4. The third-order valence-corrected chi connectivity index (χ3v) is 10.4. The van der Waals surface area contributed by atoms with Crippen molar-refractivity contribution in [1.82, 2.24) is 20.0 Å². The van der Waals surface area contributed by atoms with Crippen molar-refractivity contribution in [3.63, 3.8) is 0 Å². The van der Waals surface area contributed by atoms with Crippen molar-refractivity contribution < 1.29 is 38.5 Å². The topological polar surface area (TPSA) is 138 Å². The van der Waals surface area contributed by atoms with Crippen molar-refractivity contribution in [2.75, 3.05) is 65.7 Å². The number of amides is 3. The third-order valence-electron chi connectivity index (χ3n) is 9.60. The lowest BCUT2D eigenvalue weighted by Gasteiger charge is -2.37. The molecule has 1 aromatic rings. The first kappa shape index (κ1) is 35.2. The maximum absolute atomic E-state index is 14.4.